The molecule has 0 saturated heterocycles. The number of alkyl carbamates (subject to hydrolysis) is 1. The van der Waals surface area contributed by atoms with E-state index in [4.69, 9.17) is 25.8 Å². The molecule has 1 aliphatic carbocycles. The molecule has 180 valence electrons. The Morgan fingerprint density at radius 2 is 1.82 bits per heavy atom. The Balaban J connectivity index is 1.37. The number of nitrogens with zero attached hydrogens (tertiary/aromatic N) is 1. The van der Waals surface area contributed by atoms with Crippen molar-refractivity contribution in [3.8, 4) is 11.6 Å². The monoisotopic (exact) mass is 482 g/mol. The summed E-state index contributed by atoms with van der Waals surface area (Å²) in [6.45, 7) is 6.01. The van der Waals surface area contributed by atoms with E-state index in [-0.39, 0.29) is 18.2 Å². The summed E-state index contributed by atoms with van der Waals surface area (Å²) < 4.78 is 17.6. The van der Waals surface area contributed by atoms with E-state index in [1.807, 2.05) is 69.3 Å². The molecule has 2 aromatic carbocycles. The van der Waals surface area contributed by atoms with Crippen LogP contribution in [0.3, 0.4) is 0 Å². The molecule has 6 nitrogen and oxygen atoms in total. The number of amides is 1. The third kappa shape index (κ3) is 6.54. The lowest BCUT2D eigenvalue weighted by atomic mass is 9.93. The summed E-state index contributed by atoms with van der Waals surface area (Å²) in [5.41, 5.74) is 0.572. The van der Waals surface area contributed by atoms with Gasteiger partial charge in [0.05, 0.1) is 11.1 Å². The molecule has 34 heavy (non-hydrogen) atoms. The Bertz CT molecular complexity index is 1120. The van der Waals surface area contributed by atoms with Crippen molar-refractivity contribution in [2.45, 2.75) is 70.8 Å². The van der Waals surface area contributed by atoms with Gasteiger partial charge in [-0.05, 0) is 75.6 Å². The van der Waals surface area contributed by atoms with Gasteiger partial charge in [-0.15, -0.1) is 0 Å². The number of aromatic nitrogens is 1. The molecule has 0 unspecified atom stereocenters. The molecule has 7 heteroatoms. The Morgan fingerprint density at radius 1 is 1.09 bits per heavy atom. The standard InChI is InChI=1S/C27H31ClN2O4/c1-27(2,3)34-26(31)30-20-9-11-21(12-10-20)33-24-15-19-13-14-29-25(22(19)16-23(24)28)32-17-18-7-5-4-6-8-18/h4-8,13-16,20-21H,9-12,17H2,1-3H3,(H,30,31). The van der Waals surface area contributed by atoms with Crippen molar-refractivity contribution >= 4 is 28.5 Å². The van der Waals surface area contributed by atoms with Gasteiger partial charge in [-0.3, -0.25) is 0 Å². The summed E-state index contributed by atoms with van der Waals surface area (Å²) in [6.07, 6.45) is 4.73. The highest BCUT2D eigenvalue weighted by Crippen LogP contribution is 2.36. The van der Waals surface area contributed by atoms with Crippen molar-refractivity contribution in [2.75, 3.05) is 0 Å². The van der Waals surface area contributed by atoms with E-state index in [0.717, 1.165) is 42.0 Å². The summed E-state index contributed by atoms with van der Waals surface area (Å²) in [7, 11) is 0. The minimum Gasteiger partial charge on any atom is -0.489 e. The SMILES string of the molecule is CC(C)(C)OC(=O)NC1CCC(Oc2cc3ccnc(OCc4ccccc4)c3cc2Cl)CC1. The van der Waals surface area contributed by atoms with E-state index >= 15 is 0 Å². The third-order valence-corrected chi connectivity index (χ3v) is 5.98. The summed E-state index contributed by atoms with van der Waals surface area (Å²) in [5.74, 6) is 1.20. The van der Waals surface area contributed by atoms with Crippen molar-refractivity contribution < 1.29 is 19.0 Å². The Labute approximate surface area is 205 Å². The Morgan fingerprint density at radius 3 is 2.53 bits per heavy atom. The van der Waals surface area contributed by atoms with Crippen LogP contribution in [0, 0.1) is 0 Å². The fourth-order valence-corrected chi connectivity index (χ4v) is 4.27. The maximum absolute atomic E-state index is 12.0. The van der Waals surface area contributed by atoms with Crippen LogP contribution >= 0.6 is 11.6 Å². The van der Waals surface area contributed by atoms with Crippen LogP contribution in [-0.4, -0.2) is 28.8 Å². The first kappa shape index (κ1) is 24.1. The molecule has 3 aromatic rings. The van der Waals surface area contributed by atoms with Crippen LogP contribution < -0.4 is 14.8 Å². The number of benzene rings is 2. The first-order valence-corrected chi connectivity index (χ1v) is 12.1. The van der Waals surface area contributed by atoms with Crippen LogP contribution in [0.2, 0.25) is 5.02 Å². The average molecular weight is 483 g/mol. The predicted octanol–water partition coefficient (Wildman–Crippen LogP) is 6.68. The van der Waals surface area contributed by atoms with Crippen LogP contribution in [0.5, 0.6) is 11.6 Å². The van der Waals surface area contributed by atoms with Gasteiger partial charge in [0.2, 0.25) is 5.88 Å². The number of rotatable bonds is 6. The molecular formula is C27H31ClN2O4. The number of nitrogens with one attached hydrogen (secondary N) is 1. The van der Waals surface area contributed by atoms with E-state index in [1.165, 1.54) is 0 Å². The molecular weight excluding hydrogens is 452 g/mol. The second kappa shape index (κ2) is 10.5. The van der Waals surface area contributed by atoms with Gasteiger partial charge in [-0.25, -0.2) is 9.78 Å². The van der Waals surface area contributed by atoms with Crippen LogP contribution in [0.1, 0.15) is 52.0 Å². The number of hydrogen-bond acceptors (Lipinski definition) is 5. The molecule has 1 saturated carbocycles. The lowest BCUT2D eigenvalue weighted by Crippen LogP contribution is -2.42. The van der Waals surface area contributed by atoms with E-state index in [1.54, 1.807) is 6.20 Å². The van der Waals surface area contributed by atoms with Gasteiger partial charge in [0.15, 0.2) is 0 Å². The normalized spacial score (nSPS) is 18.4. The van der Waals surface area contributed by atoms with Gasteiger partial charge < -0.3 is 19.5 Å². The van der Waals surface area contributed by atoms with E-state index in [2.05, 4.69) is 10.3 Å². The second-order valence-electron chi connectivity index (χ2n) is 9.63. The molecule has 4 rings (SSSR count). The summed E-state index contributed by atoms with van der Waals surface area (Å²) in [6, 6.07) is 15.8. The molecule has 1 aliphatic rings. The van der Waals surface area contributed by atoms with Gasteiger partial charge in [-0.1, -0.05) is 41.9 Å². The highest BCUT2D eigenvalue weighted by Gasteiger charge is 2.26. The van der Waals surface area contributed by atoms with Crippen molar-refractivity contribution in [1.82, 2.24) is 10.3 Å². The first-order chi connectivity index (χ1) is 16.3. The number of hydrogen-bond donors (Lipinski definition) is 1. The minimum absolute atomic E-state index is 0.0438. The van der Waals surface area contributed by atoms with E-state index in [0.29, 0.717) is 23.3 Å². The number of halogens is 1. The smallest absolute Gasteiger partial charge is 0.407 e. The fraction of sp³-hybridized carbons (Fsp3) is 0.407. The van der Waals surface area contributed by atoms with Crippen LogP contribution in [0.4, 0.5) is 4.79 Å². The van der Waals surface area contributed by atoms with Crippen molar-refractivity contribution in [2.24, 2.45) is 0 Å². The summed E-state index contributed by atoms with van der Waals surface area (Å²) >= 11 is 6.59. The van der Waals surface area contributed by atoms with Crippen molar-refractivity contribution in [3.63, 3.8) is 0 Å². The average Bonchev–Trinajstić information content (AvgIpc) is 2.79. The molecule has 0 spiro atoms. The zero-order chi connectivity index (χ0) is 24.1. The number of carbonyl (C=O) groups is 1. The second-order valence-corrected chi connectivity index (χ2v) is 10.0. The van der Waals surface area contributed by atoms with Gasteiger partial charge >= 0.3 is 6.09 Å². The van der Waals surface area contributed by atoms with Gasteiger partial charge in [0.1, 0.15) is 18.0 Å². The molecule has 0 radical (unpaired) electrons. The lowest BCUT2D eigenvalue weighted by molar-refractivity contribution is 0.0471. The molecule has 0 atom stereocenters. The molecule has 1 aromatic heterocycles. The van der Waals surface area contributed by atoms with Crippen LogP contribution in [0.25, 0.3) is 10.8 Å². The molecule has 0 bridgehead atoms. The first-order valence-electron chi connectivity index (χ1n) is 11.7. The molecule has 0 aliphatic heterocycles. The topological polar surface area (TPSA) is 69.7 Å². The molecule has 1 fully saturated rings. The number of ether oxygens (including phenoxy) is 3. The van der Waals surface area contributed by atoms with Crippen LogP contribution in [-0.2, 0) is 11.3 Å². The predicted molar refractivity (Wildman–Crippen MR) is 134 cm³/mol. The Hall–Kier alpha value is -2.99. The van der Waals surface area contributed by atoms with Gasteiger partial charge in [0.25, 0.3) is 0 Å². The lowest BCUT2D eigenvalue weighted by Gasteiger charge is -2.30. The van der Waals surface area contributed by atoms with Gasteiger partial charge in [-0.2, -0.15) is 0 Å². The largest absolute Gasteiger partial charge is 0.489 e. The maximum Gasteiger partial charge on any atom is 0.407 e. The number of carbonyl (C=O) groups excluding carboxylic acids is 1. The summed E-state index contributed by atoms with van der Waals surface area (Å²) in [4.78, 5) is 16.4. The zero-order valence-corrected chi connectivity index (χ0v) is 20.6. The molecule has 1 N–H and O–H groups in total. The summed E-state index contributed by atoms with van der Waals surface area (Å²) in [5, 5.41) is 5.29. The molecule has 1 amide bonds. The molecule has 1 heterocycles. The highest BCUT2D eigenvalue weighted by molar-refractivity contribution is 6.33. The zero-order valence-electron chi connectivity index (χ0n) is 19.8. The quantitative estimate of drug-likeness (QED) is 0.424. The Kier molecular flexibility index (Phi) is 7.47. The van der Waals surface area contributed by atoms with Gasteiger partial charge in [0, 0.05) is 17.6 Å². The fourth-order valence-electron chi connectivity index (χ4n) is 4.06. The third-order valence-electron chi connectivity index (χ3n) is 5.69. The number of fused-ring (bicyclic) bond motifs is 1. The van der Waals surface area contributed by atoms with Crippen molar-refractivity contribution in [1.29, 1.82) is 0 Å². The highest BCUT2D eigenvalue weighted by atomic mass is 35.5. The number of pyridine rings is 1. The van der Waals surface area contributed by atoms with Crippen LogP contribution in [0.15, 0.2) is 54.7 Å². The minimum atomic E-state index is -0.501. The van der Waals surface area contributed by atoms with E-state index < -0.39 is 5.60 Å². The van der Waals surface area contributed by atoms with E-state index in [9.17, 15) is 4.79 Å². The maximum atomic E-state index is 12.0. The van der Waals surface area contributed by atoms with Crippen molar-refractivity contribution in [3.05, 3.63) is 65.3 Å².